The lowest BCUT2D eigenvalue weighted by Gasteiger charge is -2.10. The first-order valence-electron chi connectivity index (χ1n) is 7.53. The van der Waals surface area contributed by atoms with Gasteiger partial charge in [-0.05, 0) is 30.2 Å². The van der Waals surface area contributed by atoms with Gasteiger partial charge in [0.25, 0.3) is 10.0 Å². The number of sulfonamides is 2. The summed E-state index contributed by atoms with van der Waals surface area (Å²) >= 11 is 6.05. The van der Waals surface area contributed by atoms with Crippen LogP contribution in [0.3, 0.4) is 0 Å². The van der Waals surface area contributed by atoms with E-state index in [9.17, 15) is 16.8 Å². The minimum Gasteiger partial charge on any atom is -0.358 e. The number of H-pyrrole nitrogens is 1. The molecule has 0 amide bonds. The van der Waals surface area contributed by atoms with Crippen molar-refractivity contribution in [3.05, 3.63) is 59.2 Å². The van der Waals surface area contributed by atoms with E-state index in [4.69, 9.17) is 16.7 Å². The van der Waals surface area contributed by atoms with E-state index in [0.717, 1.165) is 0 Å². The standard InChI is InChI=1S/C16H16ClN3O4S2/c17-14-10-19-16-13(14)2-1-3-15(16)20-26(23,24)12-6-4-11(5-7-12)8-9-25(18,21)22/h1-7,10,19-20H,8-9H2,(H2,18,21,22). The molecule has 0 saturated heterocycles. The van der Waals surface area contributed by atoms with E-state index in [1.54, 1.807) is 36.5 Å². The van der Waals surface area contributed by atoms with E-state index in [2.05, 4.69) is 9.71 Å². The fourth-order valence-corrected chi connectivity index (χ4v) is 4.31. The first-order chi connectivity index (χ1) is 12.2. The average Bonchev–Trinajstić information content (AvgIpc) is 2.95. The second-order valence-electron chi connectivity index (χ2n) is 5.73. The zero-order valence-electron chi connectivity index (χ0n) is 13.4. The number of hydrogen-bond acceptors (Lipinski definition) is 4. The molecule has 4 N–H and O–H groups in total. The van der Waals surface area contributed by atoms with Crippen molar-refractivity contribution in [2.75, 3.05) is 10.5 Å². The van der Waals surface area contributed by atoms with Crippen molar-refractivity contribution >= 4 is 48.2 Å². The molecule has 7 nitrogen and oxygen atoms in total. The molecular formula is C16H16ClN3O4S2. The number of anilines is 1. The molecule has 0 unspecified atom stereocenters. The Morgan fingerprint density at radius 1 is 1.04 bits per heavy atom. The molecule has 138 valence electrons. The number of nitrogens with two attached hydrogens (primary N) is 1. The summed E-state index contributed by atoms with van der Waals surface area (Å²) in [7, 11) is -7.38. The third-order valence-corrected chi connectivity index (χ3v) is 6.29. The van der Waals surface area contributed by atoms with Gasteiger partial charge in [-0.1, -0.05) is 35.9 Å². The van der Waals surface area contributed by atoms with Crippen molar-refractivity contribution in [1.29, 1.82) is 0 Å². The molecule has 0 saturated carbocycles. The number of benzene rings is 2. The Morgan fingerprint density at radius 2 is 1.73 bits per heavy atom. The van der Waals surface area contributed by atoms with Crippen LogP contribution in [0.2, 0.25) is 5.02 Å². The Bertz CT molecular complexity index is 1150. The fraction of sp³-hybridized carbons (Fsp3) is 0.125. The first-order valence-corrected chi connectivity index (χ1v) is 11.1. The van der Waals surface area contributed by atoms with Gasteiger partial charge in [-0.15, -0.1) is 0 Å². The molecule has 0 spiro atoms. The van der Waals surface area contributed by atoms with Crippen LogP contribution >= 0.6 is 11.6 Å². The van der Waals surface area contributed by atoms with Gasteiger partial charge in [0.15, 0.2) is 0 Å². The number of primary sulfonamides is 1. The largest absolute Gasteiger partial charge is 0.358 e. The zero-order chi connectivity index (χ0) is 18.9. The van der Waals surface area contributed by atoms with Gasteiger partial charge in [-0.3, -0.25) is 4.72 Å². The summed E-state index contributed by atoms with van der Waals surface area (Å²) in [4.78, 5) is 3.00. The summed E-state index contributed by atoms with van der Waals surface area (Å²) in [5.74, 6) is -0.201. The van der Waals surface area contributed by atoms with Crippen LogP contribution in [0.5, 0.6) is 0 Å². The molecule has 0 bridgehead atoms. The van der Waals surface area contributed by atoms with E-state index < -0.39 is 20.0 Å². The van der Waals surface area contributed by atoms with Gasteiger partial charge in [-0.25, -0.2) is 22.0 Å². The molecule has 3 aromatic rings. The van der Waals surface area contributed by atoms with Gasteiger partial charge in [-0.2, -0.15) is 0 Å². The molecule has 0 aliphatic heterocycles. The number of para-hydroxylation sites is 1. The number of rotatable bonds is 6. The lowest BCUT2D eigenvalue weighted by atomic mass is 10.2. The number of halogens is 1. The average molecular weight is 414 g/mol. The molecular weight excluding hydrogens is 398 g/mol. The van der Waals surface area contributed by atoms with Gasteiger partial charge in [0, 0.05) is 11.6 Å². The van der Waals surface area contributed by atoms with Crippen molar-refractivity contribution in [2.45, 2.75) is 11.3 Å². The van der Waals surface area contributed by atoms with Crippen molar-refractivity contribution in [3.63, 3.8) is 0 Å². The van der Waals surface area contributed by atoms with Crippen molar-refractivity contribution in [3.8, 4) is 0 Å². The topological polar surface area (TPSA) is 122 Å². The lowest BCUT2D eigenvalue weighted by Crippen LogP contribution is -2.18. The van der Waals surface area contributed by atoms with E-state index in [1.807, 2.05) is 0 Å². The van der Waals surface area contributed by atoms with Crippen molar-refractivity contribution in [1.82, 2.24) is 4.98 Å². The van der Waals surface area contributed by atoms with Crippen molar-refractivity contribution < 1.29 is 16.8 Å². The molecule has 0 radical (unpaired) electrons. The molecule has 10 heteroatoms. The van der Waals surface area contributed by atoms with Crippen LogP contribution < -0.4 is 9.86 Å². The predicted molar refractivity (Wildman–Crippen MR) is 102 cm³/mol. The Morgan fingerprint density at radius 3 is 2.38 bits per heavy atom. The van der Waals surface area contributed by atoms with E-state index >= 15 is 0 Å². The highest BCUT2D eigenvalue weighted by molar-refractivity contribution is 7.92. The SMILES string of the molecule is NS(=O)(=O)CCc1ccc(S(=O)(=O)Nc2cccc3c(Cl)c[nH]c23)cc1. The summed E-state index contributed by atoms with van der Waals surface area (Å²) in [6, 6.07) is 11.1. The summed E-state index contributed by atoms with van der Waals surface area (Å²) in [5, 5.41) is 6.18. The fourth-order valence-electron chi connectivity index (χ4n) is 2.50. The van der Waals surface area contributed by atoms with Crippen LogP contribution in [0.25, 0.3) is 10.9 Å². The van der Waals surface area contributed by atoms with Gasteiger partial charge < -0.3 is 4.98 Å². The number of aryl methyl sites for hydroxylation is 1. The van der Waals surface area contributed by atoms with Gasteiger partial charge in [0.2, 0.25) is 10.0 Å². The number of aromatic nitrogens is 1. The van der Waals surface area contributed by atoms with Crippen LogP contribution in [0.4, 0.5) is 5.69 Å². The second kappa shape index (κ2) is 6.92. The quantitative estimate of drug-likeness (QED) is 0.574. The summed E-state index contributed by atoms with van der Waals surface area (Å²) < 4.78 is 49.8. The Balaban J connectivity index is 1.83. The minimum absolute atomic E-state index is 0.0616. The molecule has 0 aliphatic rings. The first kappa shape index (κ1) is 18.7. The molecule has 1 aromatic heterocycles. The monoisotopic (exact) mass is 413 g/mol. The highest BCUT2D eigenvalue weighted by atomic mass is 35.5. The summed E-state index contributed by atoms with van der Waals surface area (Å²) in [6.07, 6.45) is 1.80. The number of fused-ring (bicyclic) bond motifs is 1. The maximum Gasteiger partial charge on any atom is 0.261 e. The predicted octanol–water partition coefficient (Wildman–Crippen LogP) is 2.45. The van der Waals surface area contributed by atoms with E-state index in [1.165, 1.54) is 12.1 Å². The Labute approximate surface area is 156 Å². The Hall–Kier alpha value is -2.07. The van der Waals surface area contributed by atoms with Gasteiger partial charge in [0.05, 0.1) is 26.9 Å². The molecule has 2 aromatic carbocycles. The van der Waals surface area contributed by atoms with Crippen LogP contribution in [-0.2, 0) is 26.5 Å². The van der Waals surface area contributed by atoms with Gasteiger partial charge in [0.1, 0.15) is 0 Å². The third kappa shape index (κ3) is 4.18. The molecule has 0 aliphatic carbocycles. The highest BCUT2D eigenvalue weighted by Crippen LogP contribution is 2.29. The summed E-state index contributed by atoms with van der Waals surface area (Å²) in [5.41, 5.74) is 1.65. The molecule has 3 rings (SSSR count). The molecule has 26 heavy (non-hydrogen) atoms. The maximum absolute atomic E-state index is 12.6. The Kier molecular flexibility index (Phi) is 4.98. The van der Waals surface area contributed by atoms with E-state index in [-0.39, 0.29) is 17.1 Å². The van der Waals surface area contributed by atoms with Gasteiger partial charge >= 0.3 is 0 Å². The lowest BCUT2D eigenvalue weighted by molar-refractivity contribution is 0.596. The van der Waals surface area contributed by atoms with Crippen LogP contribution in [0.1, 0.15) is 5.56 Å². The molecule has 0 fully saturated rings. The smallest absolute Gasteiger partial charge is 0.261 e. The normalized spacial score (nSPS) is 12.4. The van der Waals surface area contributed by atoms with E-state index in [0.29, 0.717) is 27.2 Å². The number of nitrogens with one attached hydrogen (secondary N) is 2. The number of aromatic amines is 1. The van der Waals surface area contributed by atoms with Crippen LogP contribution in [0, 0.1) is 0 Å². The third-order valence-electron chi connectivity index (χ3n) is 3.82. The highest BCUT2D eigenvalue weighted by Gasteiger charge is 2.17. The van der Waals surface area contributed by atoms with Crippen LogP contribution in [-0.4, -0.2) is 27.6 Å². The second-order valence-corrected chi connectivity index (χ2v) is 9.55. The minimum atomic E-state index is -3.81. The van der Waals surface area contributed by atoms with Crippen molar-refractivity contribution in [2.24, 2.45) is 5.14 Å². The summed E-state index contributed by atoms with van der Waals surface area (Å²) in [6.45, 7) is 0. The molecule has 0 atom stereocenters. The van der Waals surface area contributed by atoms with Crippen LogP contribution in [0.15, 0.2) is 53.6 Å². The zero-order valence-corrected chi connectivity index (χ0v) is 15.8. The number of hydrogen-bond donors (Lipinski definition) is 3. The molecule has 1 heterocycles. The maximum atomic E-state index is 12.6.